The SMILES string of the molecule is C=CC(C)Oc1c(Br)cc(C=CC(=O)O)cc1OC. The molecule has 0 saturated heterocycles. The van der Waals surface area contributed by atoms with Crippen molar-refractivity contribution < 1.29 is 19.4 Å². The summed E-state index contributed by atoms with van der Waals surface area (Å²) in [4.78, 5) is 10.5. The van der Waals surface area contributed by atoms with E-state index in [2.05, 4.69) is 22.5 Å². The maximum Gasteiger partial charge on any atom is 0.328 e. The second-order valence-corrected chi connectivity index (χ2v) is 4.62. The Bertz CT molecular complexity index is 508. The predicted molar refractivity (Wildman–Crippen MR) is 77.7 cm³/mol. The number of carboxylic acids is 1. The molecule has 0 heterocycles. The quantitative estimate of drug-likeness (QED) is 0.642. The van der Waals surface area contributed by atoms with Crippen LogP contribution in [0, 0.1) is 0 Å². The van der Waals surface area contributed by atoms with Crippen molar-refractivity contribution in [2.75, 3.05) is 7.11 Å². The highest BCUT2D eigenvalue weighted by Gasteiger charge is 2.12. The van der Waals surface area contributed by atoms with E-state index in [-0.39, 0.29) is 6.10 Å². The van der Waals surface area contributed by atoms with Gasteiger partial charge >= 0.3 is 5.97 Å². The summed E-state index contributed by atoms with van der Waals surface area (Å²) in [5.41, 5.74) is 0.699. The van der Waals surface area contributed by atoms with Crippen molar-refractivity contribution >= 4 is 28.0 Å². The van der Waals surface area contributed by atoms with E-state index >= 15 is 0 Å². The van der Waals surface area contributed by atoms with E-state index in [0.29, 0.717) is 21.5 Å². The topological polar surface area (TPSA) is 55.8 Å². The predicted octanol–water partition coefficient (Wildman–Crippen LogP) is 3.51. The van der Waals surface area contributed by atoms with Crippen molar-refractivity contribution in [3.8, 4) is 11.5 Å². The monoisotopic (exact) mass is 326 g/mol. The number of methoxy groups -OCH3 is 1. The third-order valence-corrected chi connectivity index (χ3v) is 2.89. The maximum atomic E-state index is 10.5. The Morgan fingerprint density at radius 2 is 2.21 bits per heavy atom. The maximum absolute atomic E-state index is 10.5. The van der Waals surface area contributed by atoms with Gasteiger partial charge in [-0.05, 0) is 46.6 Å². The number of benzene rings is 1. The zero-order chi connectivity index (χ0) is 14.4. The van der Waals surface area contributed by atoms with Crippen LogP contribution >= 0.6 is 15.9 Å². The first kappa shape index (κ1) is 15.3. The van der Waals surface area contributed by atoms with Crippen LogP contribution in [0.5, 0.6) is 11.5 Å². The molecule has 0 aliphatic carbocycles. The van der Waals surface area contributed by atoms with E-state index in [1.807, 2.05) is 6.92 Å². The number of aliphatic carboxylic acids is 1. The van der Waals surface area contributed by atoms with Gasteiger partial charge in [-0.25, -0.2) is 4.79 Å². The minimum atomic E-state index is -1.00. The lowest BCUT2D eigenvalue weighted by molar-refractivity contribution is -0.131. The minimum Gasteiger partial charge on any atom is -0.493 e. The van der Waals surface area contributed by atoms with Crippen LogP contribution in [0.2, 0.25) is 0 Å². The first-order valence-corrected chi connectivity index (χ1v) is 6.35. The van der Waals surface area contributed by atoms with Crippen molar-refractivity contribution in [2.45, 2.75) is 13.0 Å². The summed E-state index contributed by atoms with van der Waals surface area (Å²) in [7, 11) is 1.53. The lowest BCUT2D eigenvalue weighted by Gasteiger charge is -2.16. The Kier molecular flexibility index (Phi) is 5.63. The molecule has 1 aromatic carbocycles. The second-order valence-electron chi connectivity index (χ2n) is 3.76. The van der Waals surface area contributed by atoms with Crippen LogP contribution < -0.4 is 9.47 Å². The van der Waals surface area contributed by atoms with Gasteiger partial charge in [0.1, 0.15) is 6.10 Å². The minimum absolute atomic E-state index is 0.161. The zero-order valence-corrected chi connectivity index (χ0v) is 12.3. The van der Waals surface area contributed by atoms with Gasteiger partial charge in [0.15, 0.2) is 11.5 Å². The highest BCUT2D eigenvalue weighted by molar-refractivity contribution is 9.10. The standard InChI is InChI=1S/C14H15BrO4/c1-4-9(2)19-14-11(15)7-10(5-6-13(16)17)8-12(14)18-3/h4-9H,1H2,2-3H3,(H,16,17). The largest absolute Gasteiger partial charge is 0.493 e. The number of carbonyl (C=O) groups is 1. The number of ether oxygens (including phenoxy) is 2. The second kappa shape index (κ2) is 6.99. The van der Waals surface area contributed by atoms with Crippen molar-refractivity contribution in [3.63, 3.8) is 0 Å². The molecule has 0 amide bonds. The molecule has 0 aromatic heterocycles. The average Bonchev–Trinajstić information content (AvgIpc) is 2.38. The smallest absolute Gasteiger partial charge is 0.328 e. The van der Waals surface area contributed by atoms with Crippen LogP contribution in [0.15, 0.2) is 35.3 Å². The Morgan fingerprint density at radius 3 is 2.74 bits per heavy atom. The van der Waals surface area contributed by atoms with Crippen LogP contribution in [-0.4, -0.2) is 24.3 Å². The molecule has 0 fully saturated rings. The molecular weight excluding hydrogens is 312 g/mol. The van der Waals surface area contributed by atoms with Gasteiger partial charge in [0, 0.05) is 6.08 Å². The number of carboxylic acid groups (broad SMARTS) is 1. The van der Waals surface area contributed by atoms with Gasteiger partial charge in [0.25, 0.3) is 0 Å². The third kappa shape index (κ3) is 4.44. The highest BCUT2D eigenvalue weighted by Crippen LogP contribution is 2.37. The third-order valence-electron chi connectivity index (χ3n) is 2.31. The van der Waals surface area contributed by atoms with Crippen LogP contribution in [-0.2, 0) is 4.79 Å². The van der Waals surface area contributed by atoms with Crippen LogP contribution in [0.25, 0.3) is 6.08 Å². The first-order chi connectivity index (χ1) is 8.97. The fourth-order valence-corrected chi connectivity index (χ4v) is 1.91. The molecule has 0 radical (unpaired) electrons. The van der Waals surface area contributed by atoms with Gasteiger partial charge in [0.2, 0.25) is 0 Å². The highest BCUT2D eigenvalue weighted by atomic mass is 79.9. The summed E-state index contributed by atoms with van der Waals surface area (Å²) >= 11 is 3.38. The Hall–Kier alpha value is -1.75. The van der Waals surface area contributed by atoms with Crippen molar-refractivity contribution in [1.82, 2.24) is 0 Å². The molecule has 1 unspecified atom stereocenters. The van der Waals surface area contributed by atoms with Gasteiger partial charge < -0.3 is 14.6 Å². The summed E-state index contributed by atoms with van der Waals surface area (Å²) in [5.74, 6) is 0.0752. The summed E-state index contributed by atoms with van der Waals surface area (Å²) in [6.45, 7) is 5.51. The van der Waals surface area contributed by atoms with Gasteiger partial charge in [-0.2, -0.15) is 0 Å². The number of halogens is 1. The van der Waals surface area contributed by atoms with E-state index in [1.54, 1.807) is 18.2 Å². The van der Waals surface area contributed by atoms with E-state index in [1.165, 1.54) is 13.2 Å². The summed E-state index contributed by atoms with van der Waals surface area (Å²) in [5, 5.41) is 8.61. The molecule has 5 heteroatoms. The number of hydrogen-bond acceptors (Lipinski definition) is 3. The van der Waals surface area contributed by atoms with Gasteiger partial charge in [0.05, 0.1) is 11.6 Å². The van der Waals surface area contributed by atoms with Gasteiger partial charge in [-0.3, -0.25) is 0 Å². The fraction of sp³-hybridized carbons (Fsp3) is 0.214. The molecule has 1 aromatic rings. The molecule has 1 rings (SSSR count). The Labute approximate surface area is 120 Å². The first-order valence-electron chi connectivity index (χ1n) is 5.55. The summed E-state index contributed by atoms with van der Waals surface area (Å²) in [6.07, 6.45) is 4.06. The molecule has 1 atom stereocenters. The van der Waals surface area contributed by atoms with Crippen molar-refractivity contribution in [2.24, 2.45) is 0 Å². The van der Waals surface area contributed by atoms with Crippen LogP contribution in [0.4, 0.5) is 0 Å². The molecule has 1 N–H and O–H groups in total. The van der Waals surface area contributed by atoms with Crippen molar-refractivity contribution in [1.29, 1.82) is 0 Å². The average molecular weight is 327 g/mol. The normalized spacial score (nSPS) is 12.2. The Balaban J connectivity index is 3.14. The zero-order valence-electron chi connectivity index (χ0n) is 10.7. The molecule has 0 spiro atoms. The van der Waals surface area contributed by atoms with E-state index in [0.717, 1.165) is 6.08 Å². The van der Waals surface area contributed by atoms with Gasteiger partial charge in [-0.15, -0.1) is 0 Å². The molecule has 0 bridgehead atoms. The lowest BCUT2D eigenvalue weighted by atomic mass is 10.2. The van der Waals surface area contributed by atoms with E-state index in [9.17, 15) is 4.79 Å². The molecule has 4 nitrogen and oxygen atoms in total. The van der Waals surface area contributed by atoms with Crippen molar-refractivity contribution in [3.05, 3.63) is 40.9 Å². The molecule has 19 heavy (non-hydrogen) atoms. The van der Waals surface area contributed by atoms with Crippen LogP contribution in [0.1, 0.15) is 12.5 Å². The molecular formula is C14H15BrO4. The molecule has 0 aliphatic heterocycles. The molecule has 0 aliphatic rings. The fourth-order valence-electron chi connectivity index (χ4n) is 1.35. The number of hydrogen-bond donors (Lipinski definition) is 1. The Morgan fingerprint density at radius 1 is 1.53 bits per heavy atom. The summed E-state index contributed by atoms with van der Waals surface area (Å²) in [6, 6.07) is 3.46. The lowest BCUT2D eigenvalue weighted by Crippen LogP contribution is -2.09. The van der Waals surface area contributed by atoms with Gasteiger partial charge in [-0.1, -0.05) is 12.7 Å². The summed E-state index contributed by atoms with van der Waals surface area (Å²) < 4.78 is 11.6. The molecule has 102 valence electrons. The number of rotatable bonds is 6. The van der Waals surface area contributed by atoms with E-state index < -0.39 is 5.97 Å². The van der Waals surface area contributed by atoms with Crippen LogP contribution in [0.3, 0.4) is 0 Å². The molecule has 0 saturated carbocycles. The van der Waals surface area contributed by atoms with E-state index in [4.69, 9.17) is 14.6 Å².